The van der Waals surface area contributed by atoms with Crippen molar-refractivity contribution >= 4 is 12.2 Å². The van der Waals surface area contributed by atoms with E-state index in [2.05, 4.69) is 10.2 Å². The molecular weight excluding hydrogens is 352 g/mol. The Kier molecular flexibility index (Phi) is 6.62. The minimum atomic E-state index is -0.106. The number of guanidine groups is 1. The van der Waals surface area contributed by atoms with Crippen molar-refractivity contribution in [3.63, 3.8) is 0 Å². The van der Waals surface area contributed by atoms with Crippen LogP contribution in [0.5, 0.6) is 11.5 Å². The summed E-state index contributed by atoms with van der Waals surface area (Å²) in [4.78, 5) is 0. The Labute approximate surface area is 164 Å². The molecule has 0 bridgehead atoms. The van der Waals surface area contributed by atoms with Crippen LogP contribution in [-0.4, -0.2) is 12.2 Å². The number of benzene rings is 3. The zero-order valence-electron chi connectivity index (χ0n) is 15.4. The predicted octanol–water partition coefficient (Wildman–Crippen LogP) is 3.45. The van der Waals surface area contributed by atoms with Crippen LogP contribution in [0.2, 0.25) is 0 Å². The molecule has 0 unspecified atom stereocenters. The van der Waals surface area contributed by atoms with Gasteiger partial charge >= 0.3 is 0 Å². The van der Waals surface area contributed by atoms with Crippen LogP contribution in [0, 0.1) is 0 Å². The van der Waals surface area contributed by atoms with Crippen molar-refractivity contribution in [1.82, 2.24) is 0 Å². The predicted molar refractivity (Wildman–Crippen MR) is 111 cm³/mol. The molecule has 0 spiro atoms. The topological polar surface area (TPSA) is 95.2 Å². The van der Waals surface area contributed by atoms with Gasteiger partial charge in [-0.1, -0.05) is 60.7 Å². The normalized spacial score (nSPS) is 10.6. The molecule has 0 aliphatic carbocycles. The highest BCUT2D eigenvalue weighted by Gasteiger charge is 2.06. The zero-order chi connectivity index (χ0) is 19.6. The van der Waals surface area contributed by atoms with Gasteiger partial charge in [-0.3, -0.25) is 0 Å². The van der Waals surface area contributed by atoms with Gasteiger partial charge in [0.25, 0.3) is 0 Å². The SMILES string of the molecule is NC(N)=NN=Cc1ccc(OCc2ccccc2)cc1OCc1ccccc1. The van der Waals surface area contributed by atoms with Crippen LogP contribution in [-0.2, 0) is 13.2 Å². The van der Waals surface area contributed by atoms with Crippen LogP contribution in [0.3, 0.4) is 0 Å². The summed E-state index contributed by atoms with van der Waals surface area (Å²) in [5, 5.41) is 7.50. The average Bonchev–Trinajstić information content (AvgIpc) is 2.73. The smallest absolute Gasteiger partial charge is 0.211 e. The van der Waals surface area contributed by atoms with Gasteiger partial charge in [-0.05, 0) is 23.3 Å². The monoisotopic (exact) mass is 374 g/mol. The van der Waals surface area contributed by atoms with Gasteiger partial charge in [0.2, 0.25) is 5.96 Å². The fraction of sp³-hybridized carbons (Fsp3) is 0.0909. The lowest BCUT2D eigenvalue weighted by Gasteiger charge is -2.12. The largest absolute Gasteiger partial charge is 0.489 e. The summed E-state index contributed by atoms with van der Waals surface area (Å²) in [7, 11) is 0. The quantitative estimate of drug-likeness (QED) is 0.359. The molecule has 0 aliphatic rings. The first-order chi connectivity index (χ1) is 13.7. The van der Waals surface area contributed by atoms with Crippen LogP contribution >= 0.6 is 0 Å². The molecule has 0 fully saturated rings. The molecule has 0 radical (unpaired) electrons. The molecule has 0 heterocycles. The van der Waals surface area contributed by atoms with Gasteiger partial charge in [0.15, 0.2) is 0 Å². The Morgan fingerprint density at radius 1 is 0.786 bits per heavy atom. The van der Waals surface area contributed by atoms with Crippen molar-refractivity contribution in [3.05, 3.63) is 95.6 Å². The number of rotatable bonds is 8. The Morgan fingerprint density at radius 3 is 2.00 bits per heavy atom. The standard InChI is InChI=1S/C22H22N4O2/c23-22(24)26-25-14-19-11-12-20(27-15-17-7-3-1-4-8-17)13-21(19)28-16-18-9-5-2-6-10-18/h1-14H,15-16H2,(H4,23,24,26). The van der Waals surface area contributed by atoms with E-state index in [-0.39, 0.29) is 5.96 Å². The highest BCUT2D eigenvalue weighted by Crippen LogP contribution is 2.25. The summed E-state index contributed by atoms with van der Waals surface area (Å²) in [6.07, 6.45) is 1.54. The van der Waals surface area contributed by atoms with Crippen molar-refractivity contribution in [2.45, 2.75) is 13.2 Å². The highest BCUT2D eigenvalue weighted by molar-refractivity contribution is 5.85. The zero-order valence-corrected chi connectivity index (χ0v) is 15.4. The molecule has 0 amide bonds. The molecule has 3 aromatic carbocycles. The van der Waals surface area contributed by atoms with Gasteiger partial charge < -0.3 is 20.9 Å². The Balaban J connectivity index is 1.76. The van der Waals surface area contributed by atoms with E-state index in [9.17, 15) is 0 Å². The summed E-state index contributed by atoms with van der Waals surface area (Å²) in [5.74, 6) is 1.22. The molecule has 6 nitrogen and oxygen atoms in total. The minimum absolute atomic E-state index is 0.106. The molecule has 142 valence electrons. The van der Waals surface area contributed by atoms with Crippen LogP contribution in [0.25, 0.3) is 0 Å². The number of hydrogen-bond donors (Lipinski definition) is 2. The Bertz CT molecular complexity index is 937. The van der Waals surface area contributed by atoms with Crippen LogP contribution in [0.4, 0.5) is 0 Å². The maximum absolute atomic E-state index is 5.99. The second-order valence-corrected chi connectivity index (χ2v) is 6.02. The fourth-order valence-electron chi connectivity index (χ4n) is 2.47. The Hall–Kier alpha value is -3.80. The van der Waals surface area contributed by atoms with Crippen molar-refractivity contribution < 1.29 is 9.47 Å². The third kappa shape index (κ3) is 5.88. The van der Waals surface area contributed by atoms with Gasteiger partial charge in [-0.15, -0.1) is 5.10 Å². The molecule has 3 aromatic rings. The third-order valence-corrected chi connectivity index (χ3v) is 3.84. The minimum Gasteiger partial charge on any atom is -0.489 e. The van der Waals surface area contributed by atoms with E-state index in [1.54, 1.807) is 6.21 Å². The summed E-state index contributed by atoms with van der Waals surface area (Å²) in [6, 6.07) is 25.4. The second-order valence-electron chi connectivity index (χ2n) is 6.02. The van der Waals surface area contributed by atoms with Gasteiger partial charge in [0.1, 0.15) is 24.7 Å². The van der Waals surface area contributed by atoms with Crippen LogP contribution < -0.4 is 20.9 Å². The number of nitrogens with zero attached hydrogens (tertiary/aromatic N) is 2. The van der Waals surface area contributed by atoms with E-state index in [1.807, 2.05) is 78.9 Å². The van der Waals surface area contributed by atoms with Gasteiger partial charge in [-0.25, -0.2) is 0 Å². The molecule has 28 heavy (non-hydrogen) atoms. The number of hydrogen-bond acceptors (Lipinski definition) is 4. The molecule has 3 rings (SSSR count). The maximum Gasteiger partial charge on any atom is 0.211 e. The summed E-state index contributed by atoms with van der Waals surface area (Å²) < 4.78 is 11.9. The molecule has 0 saturated carbocycles. The number of nitrogens with two attached hydrogens (primary N) is 2. The molecular formula is C22H22N4O2. The van der Waals surface area contributed by atoms with Crippen molar-refractivity contribution in [1.29, 1.82) is 0 Å². The maximum atomic E-state index is 5.99. The summed E-state index contributed by atoms with van der Waals surface area (Å²) in [5.41, 5.74) is 13.5. The first kappa shape index (κ1) is 19.0. The van der Waals surface area contributed by atoms with Crippen molar-refractivity contribution in [3.8, 4) is 11.5 Å². The molecule has 0 atom stereocenters. The lowest BCUT2D eigenvalue weighted by Crippen LogP contribution is -2.21. The molecule has 0 aromatic heterocycles. The van der Waals surface area contributed by atoms with Gasteiger partial charge in [0, 0.05) is 11.6 Å². The van der Waals surface area contributed by atoms with E-state index in [1.165, 1.54) is 0 Å². The summed E-state index contributed by atoms with van der Waals surface area (Å²) in [6.45, 7) is 0.895. The van der Waals surface area contributed by atoms with Crippen LogP contribution in [0.15, 0.2) is 89.1 Å². The molecule has 0 saturated heterocycles. The second kappa shape index (κ2) is 9.78. The molecule has 0 aliphatic heterocycles. The summed E-state index contributed by atoms with van der Waals surface area (Å²) >= 11 is 0. The first-order valence-electron chi connectivity index (χ1n) is 8.80. The highest BCUT2D eigenvalue weighted by atomic mass is 16.5. The van der Waals surface area contributed by atoms with Crippen molar-refractivity contribution in [2.24, 2.45) is 21.7 Å². The van der Waals surface area contributed by atoms with E-state index in [4.69, 9.17) is 20.9 Å². The third-order valence-electron chi connectivity index (χ3n) is 3.84. The van der Waals surface area contributed by atoms with E-state index in [0.717, 1.165) is 16.7 Å². The lowest BCUT2D eigenvalue weighted by atomic mass is 10.2. The van der Waals surface area contributed by atoms with E-state index in [0.29, 0.717) is 24.7 Å². The number of ether oxygens (including phenoxy) is 2. The van der Waals surface area contributed by atoms with E-state index >= 15 is 0 Å². The van der Waals surface area contributed by atoms with Gasteiger partial charge in [-0.2, -0.15) is 5.10 Å². The van der Waals surface area contributed by atoms with Gasteiger partial charge in [0.05, 0.1) is 6.21 Å². The first-order valence-corrected chi connectivity index (χ1v) is 8.80. The fourth-order valence-corrected chi connectivity index (χ4v) is 2.47. The van der Waals surface area contributed by atoms with E-state index < -0.39 is 0 Å². The Morgan fingerprint density at radius 2 is 1.39 bits per heavy atom. The van der Waals surface area contributed by atoms with Crippen molar-refractivity contribution in [2.75, 3.05) is 0 Å². The lowest BCUT2D eigenvalue weighted by molar-refractivity contribution is 0.289. The molecule has 4 N–H and O–H groups in total. The molecule has 6 heteroatoms. The average molecular weight is 374 g/mol. The van der Waals surface area contributed by atoms with Crippen LogP contribution in [0.1, 0.15) is 16.7 Å².